The van der Waals surface area contributed by atoms with Crippen LogP contribution in [0.3, 0.4) is 0 Å². The molecule has 2 unspecified atom stereocenters. The van der Waals surface area contributed by atoms with Crippen molar-refractivity contribution >= 4 is 70.2 Å². The van der Waals surface area contributed by atoms with Crippen molar-refractivity contribution in [3.8, 4) is 112 Å². The second-order valence-corrected chi connectivity index (χ2v) is 34.3. The molecule has 18 rings (SSSR count). The summed E-state index contributed by atoms with van der Waals surface area (Å²) in [6, 6.07) is 111. The molecule has 0 spiro atoms. The maximum Gasteiger partial charge on any atom is 0.161 e. The van der Waals surface area contributed by atoms with Crippen LogP contribution >= 0.6 is 15.9 Å². The quantitative estimate of drug-likeness (QED) is 0.0397. The minimum atomic E-state index is -0.709. The van der Waals surface area contributed by atoms with Crippen LogP contribution in [0.15, 0.2) is 314 Å². The third-order valence-electron chi connectivity index (χ3n) is 23.3. The van der Waals surface area contributed by atoms with Gasteiger partial charge in [0.25, 0.3) is 0 Å². The first-order chi connectivity index (χ1) is 61.6. The third-order valence-corrected chi connectivity index (χ3v) is 23.8. The maximum absolute atomic E-state index is 15.3. The van der Waals surface area contributed by atoms with E-state index in [0.717, 1.165) is 57.3 Å². The van der Waals surface area contributed by atoms with Gasteiger partial charge in [-0.2, -0.15) is 0 Å². The first kappa shape index (κ1) is 100. The third kappa shape index (κ3) is 23.7. The Balaban J connectivity index is 0.000000166. The number of pyridine rings is 4. The van der Waals surface area contributed by atoms with Gasteiger partial charge in [0.2, 0.25) is 0 Å². The summed E-state index contributed by atoms with van der Waals surface area (Å²) in [5.41, 5.74) is 23.2. The monoisotopic (exact) mass is 2490 g/mol. The molecule has 0 amide bonds. The van der Waals surface area contributed by atoms with Crippen molar-refractivity contribution in [1.82, 2.24) is 29.1 Å². The van der Waals surface area contributed by atoms with Crippen LogP contribution in [-0.2, 0) is 87.0 Å². The molecule has 12 aromatic carbocycles. The molecule has 0 aliphatic heterocycles. The van der Waals surface area contributed by atoms with Crippen LogP contribution < -0.4 is 9.47 Å². The summed E-state index contributed by atoms with van der Waals surface area (Å²) in [7, 11) is 0. The molecule has 0 saturated carbocycles. The second-order valence-electron chi connectivity index (χ2n) is 33.3. The molecule has 6 aromatic heterocycles. The molecule has 0 aliphatic rings. The zero-order valence-electron chi connectivity index (χ0n) is 75.0. The van der Waals surface area contributed by atoms with Crippen molar-refractivity contribution < 1.29 is 98.7 Å². The van der Waals surface area contributed by atoms with Crippen LogP contribution in [0.25, 0.3) is 155 Å². The van der Waals surface area contributed by atoms with Gasteiger partial charge in [0.1, 0.15) is 0 Å². The fourth-order valence-electron chi connectivity index (χ4n) is 16.9. The van der Waals surface area contributed by atoms with E-state index in [1.54, 1.807) is 42.6 Å². The van der Waals surface area contributed by atoms with E-state index in [0.29, 0.717) is 59.8 Å². The second kappa shape index (κ2) is 48.2. The van der Waals surface area contributed by atoms with E-state index in [-0.39, 0.29) is 91.5 Å². The molecule has 15 heteroatoms. The van der Waals surface area contributed by atoms with Gasteiger partial charge in [-0.25, -0.2) is 0 Å². The van der Waals surface area contributed by atoms with Crippen LogP contribution in [0.1, 0.15) is 124 Å². The molecule has 6 heterocycles. The SMILES string of the molecule is CC(C)COc1ccc(-c2c(F)c[c-]c(-c3ccccn3)c2F)cc1OCC(C)C.CCCCC(CC)Cn1c2ccccc2c2ccc(-c3cc[c-]c(-c4ccccn4)c3)cc21.CCCCC(CC)n1c(-c2cc[c-]c(-c3ccccn3)c2)cc2cc(Br)ccc21.Cc1ccc(C)c(-c2c3ccccc3c(-c3cc[c-]c(-c4ccccn4)c3)c3ccccc23)c1.[Ir].[Ir].[Ir].[Ir]. The summed E-state index contributed by atoms with van der Waals surface area (Å²) in [6.07, 6.45) is 16.9. The molecule has 4 radical (unpaired) electrons. The number of aromatic nitrogens is 6. The Morgan fingerprint density at radius 3 is 1.46 bits per heavy atom. The molecule has 2 atom stereocenters. The van der Waals surface area contributed by atoms with Crippen molar-refractivity contribution in [2.75, 3.05) is 13.2 Å². The smallest absolute Gasteiger partial charge is 0.161 e. The van der Waals surface area contributed by atoms with Gasteiger partial charge in [-0.3, -0.25) is 8.78 Å². The van der Waals surface area contributed by atoms with Gasteiger partial charge < -0.3 is 38.5 Å². The Labute approximate surface area is 828 Å². The number of fused-ring (bicyclic) bond motifs is 6. The number of rotatable bonds is 26. The summed E-state index contributed by atoms with van der Waals surface area (Å²) in [5.74, 6) is 0.950. The Kier molecular flexibility index (Phi) is 37.1. The number of ether oxygens (including phenoxy) is 2. The molecule has 670 valence electrons. The van der Waals surface area contributed by atoms with Gasteiger partial charge in [-0.1, -0.05) is 277 Å². The van der Waals surface area contributed by atoms with Crippen LogP contribution in [0.5, 0.6) is 11.5 Å². The molecule has 8 nitrogen and oxygen atoms in total. The molecule has 18 aromatic rings. The van der Waals surface area contributed by atoms with Gasteiger partial charge in [0, 0.05) is 172 Å². The first-order valence-corrected chi connectivity index (χ1v) is 45.2. The van der Waals surface area contributed by atoms with Gasteiger partial charge in [0.15, 0.2) is 11.5 Å². The molecular weight excluding hydrogens is 2380 g/mol. The molecule has 0 aliphatic carbocycles. The zero-order chi connectivity index (χ0) is 87.6. The number of hydrogen-bond donors (Lipinski definition) is 0. The molecule has 0 saturated heterocycles. The van der Waals surface area contributed by atoms with Crippen LogP contribution in [0, 0.1) is 67.5 Å². The van der Waals surface area contributed by atoms with E-state index in [1.807, 2.05) is 119 Å². The van der Waals surface area contributed by atoms with Crippen molar-refractivity contribution in [3.63, 3.8) is 0 Å². The Bertz CT molecular complexity index is 6690. The van der Waals surface area contributed by atoms with Crippen LogP contribution in [0.2, 0.25) is 0 Å². The zero-order valence-corrected chi connectivity index (χ0v) is 86.2. The van der Waals surface area contributed by atoms with E-state index in [1.165, 1.54) is 155 Å². The van der Waals surface area contributed by atoms with Gasteiger partial charge in [0.05, 0.1) is 13.2 Å². The molecular formula is C115H107BrF2Ir4N6O2-4. The number of nitrogens with zero attached hydrogens (tertiary/aromatic N) is 6. The molecule has 0 bridgehead atoms. The van der Waals surface area contributed by atoms with E-state index >= 15 is 4.39 Å². The maximum atomic E-state index is 15.3. The average molecular weight is 2490 g/mol. The molecule has 0 fully saturated rings. The van der Waals surface area contributed by atoms with E-state index in [4.69, 9.17) is 9.47 Å². The number of benzene rings is 12. The Hall–Kier alpha value is -10.4. The van der Waals surface area contributed by atoms with Crippen LogP contribution in [-0.4, -0.2) is 42.3 Å². The van der Waals surface area contributed by atoms with E-state index in [9.17, 15) is 4.39 Å². The fraction of sp³-hybridized carbons (Fsp3) is 0.217. The normalized spacial score (nSPS) is 11.4. The average Bonchev–Trinajstić information content (AvgIpc) is 0.951. The summed E-state index contributed by atoms with van der Waals surface area (Å²) in [4.78, 5) is 17.7. The van der Waals surface area contributed by atoms with Crippen molar-refractivity contribution in [3.05, 3.63) is 361 Å². The number of unbranched alkanes of at least 4 members (excludes halogenated alkanes) is 2. The molecule has 0 N–H and O–H groups in total. The predicted molar refractivity (Wildman–Crippen MR) is 525 cm³/mol. The molecule has 130 heavy (non-hydrogen) atoms. The Morgan fingerprint density at radius 2 is 0.900 bits per heavy atom. The minimum Gasteiger partial charge on any atom is -0.489 e. The van der Waals surface area contributed by atoms with Gasteiger partial charge in [-0.15, -0.1) is 107 Å². The summed E-state index contributed by atoms with van der Waals surface area (Å²) < 4.78 is 48.0. The largest absolute Gasteiger partial charge is 0.489 e. The van der Waals surface area contributed by atoms with Crippen molar-refractivity contribution in [2.45, 2.75) is 133 Å². The van der Waals surface area contributed by atoms with Crippen LogP contribution in [0.4, 0.5) is 8.78 Å². The van der Waals surface area contributed by atoms with Crippen molar-refractivity contribution in [2.24, 2.45) is 17.8 Å². The number of hydrogen-bond acceptors (Lipinski definition) is 6. The number of halogens is 3. The topological polar surface area (TPSA) is 79.9 Å². The fourth-order valence-corrected chi connectivity index (χ4v) is 17.3. The van der Waals surface area contributed by atoms with Crippen molar-refractivity contribution in [1.29, 1.82) is 0 Å². The first-order valence-electron chi connectivity index (χ1n) is 44.4. The summed E-state index contributed by atoms with van der Waals surface area (Å²) in [5, 5.41) is 9.03. The number of aryl methyl sites for hydroxylation is 2. The minimum absolute atomic E-state index is 0. The summed E-state index contributed by atoms with van der Waals surface area (Å²) >= 11 is 3.64. The van der Waals surface area contributed by atoms with E-state index < -0.39 is 11.6 Å². The standard InChI is InChI=1S/C33H24N.C31H31N2.C26H26BrN2.C25H26F2NO2.4Ir/c1-22-17-18-23(2)30(20-22)33-28-14-5-3-12-26(28)32(27-13-4-6-15-29(27)33)25-11-9-10-24(21-25)31-16-7-8-19-34-31;1-3-5-11-23(4-2)22-33-30-16-7-6-14-27(30)28-18-17-25(21-31(28)33)24-12-10-13-26(20-24)29-15-8-9-19-32-29;1-3-5-11-23(4-2)29-25-14-13-22(27)17-21(25)18-26(29)20-10-8-9-19(16-20)24-12-6-7-15-28-24;1-16(2)14-29-22-11-8-18(13-23(22)30-15-17(3)4)24-20(26)10-9-19(25(24)27)21-7-5-6-12-28-21;;;;/h3-9,11-21H,1-2H3;6-10,12,14-21,23H,3-5,11,22H2,1-2H3;6-8,10,12-18,23H,3-5,11H2,1-2H3;5-8,10-13,16-17H,14-15H2,1-4H3;;;;/q4*-1;;;;. The number of para-hydroxylation sites is 1. The van der Waals surface area contributed by atoms with Gasteiger partial charge >= 0.3 is 0 Å². The predicted octanol–water partition coefficient (Wildman–Crippen LogP) is 32.0. The van der Waals surface area contributed by atoms with Gasteiger partial charge in [-0.05, 0) is 207 Å². The van der Waals surface area contributed by atoms with E-state index in [2.05, 4.69) is 281 Å². The summed E-state index contributed by atoms with van der Waals surface area (Å²) in [6.45, 7) is 23.8. The Morgan fingerprint density at radius 1 is 0.408 bits per heavy atom.